The van der Waals surface area contributed by atoms with Crippen molar-refractivity contribution in [3.8, 4) is 0 Å². The Balaban J connectivity index is 3.05. The molecule has 0 aliphatic heterocycles. The summed E-state index contributed by atoms with van der Waals surface area (Å²) < 4.78 is 0. The summed E-state index contributed by atoms with van der Waals surface area (Å²) >= 11 is 9.05. The minimum absolute atomic E-state index is 0.318. The lowest BCUT2D eigenvalue weighted by Gasteiger charge is -2.19. The molecule has 0 bridgehead atoms. The molecule has 0 spiro atoms. The Bertz CT molecular complexity index is 297. The predicted octanol–water partition coefficient (Wildman–Crippen LogP) is 2.44. The molecule has 0 aliphatic rings. The van der Waals surface area contributed by atoms with Gasteiger partial charge >= 0.3 is 0 Å². The number of hydrogen-bond donors (Lipinski definition) is 2. The van der Waals surface area contributed by atoms with Crippen molar-refractivity contribution in [3.05, 3.63) is 34.3 Å². The van der Waals surface area contributed by atoms with Crippen LogP contribution in [0.15, 0.2) is 18.2 Å². The lowest BCUT2D eigenvalue weighted by molar-refractivity contribution is 0.0339. The molecule has 0 saturated carbocycles. The highest BCUT2D eigenvalue weighted by Crippen LogP contribution is 2.28. The molecular formula is C10H12BrClO2. The van der Waals surface area contributed by atoms with E-state index in [0.29, 0.717) is 15.9 Å². The number of hydrogen-bond acceptors (Lipinski definition) is 2. The first kappa shape index (κ1) is 12.0. The maximum absolute atomic E-state index is 9.79. The van der Waals surface area contributed by atoms with Gasteiger partial charge in [-0.25, -0.2) is 0 Å². The van der Waals surface area contributed by atoms with E-state index in [1.165, 1.54) is 0 Å². The van der Waals surface area contributed by atoms with Gasteiger partial charge in [-0.1, -0.05) is 39.7 Å². The molecule has 1 aromatic rings. The van der Waals surface area contributed by atoms with Crippen LogP contribution in [-0.4, -0.2) is 21.6 Å². The average molecular weight is 280 g/mol. The van der Waals surface area contributed by atoms with E-state index in [4.69, 9.17) is 11.6 Å². The normalized spacial score (nSPS) is 15.2. The van der Waals surface area contributed by atoms with Gasteiger partial charge < -0.3 is 10.2 Å². The zero-order valence-electron chi connectivity index (χ0n) is 7.74. The quantitative estimate of drug-likeness (QED) is 0.834. The monoisotopic (exact) mass is 278 g/mol. The topological polar surface area (TPSA) is 40.5 Å². The van der Waals surface area contributed by atoms with Gasteiger partial charge in [-0.2, -0.15) is 0 Å². The molecule has 0 fully saturated rings. The van der Waals surface area contributed by atoms with E-state index >= 15 is 0 Å². The van der Waals surface area contributed by atoms with Crippen molar-refractivity contribution in [2.24, 2.45) is 0 Å². The Hall–Kier alpha value is -0.0900. The highest BCUT2D eigenvalue weighted by atomic mass is 79.9. The third kappa shape index (κ3) is 2.48. The van der Waals surface area contributed by atoms with E-state index in [2.05, 4.69) is 15.9 Å². The lowest BCUT2D eigenvalue weighted by atomic mass is 10.0. The Morgan fingerprint density at radius 1 is 1.43 bits per heavy atom. The van der Waals surface area contributed by atoms with Gasteiger partial charge in [0.2, 0.25) is 0 Å². The van der Waals surface area contributed by atoms with Crippen molar-refractivity contribution in [2.75, 3.05) is 5.33 Å². The summed E-state index contributed by atoms with van der Waals surface area (Å²) in [5, 5.41) is 20.1. The maximum atomic E-state index is 9.79. The summed E-state index contributed by atoms with van der Waals surface area (Å²) in [4.78, 5) is 0. The van der Waals surface area contributed by atoms with Crippen LogP contribution in [0.25, 0.3) is 0 Å². The molecule has 2 nitrogen and oxygen atoms in total. The molecule has 0 aromatic heterocycles. The summed E-state index contributed by atoms with van der Waals surface area (Å²) in [7, 11) is 0. The standard InChI is InChI=1S/C10H12BrClO2/c1-6-3-2-4-7(12)9(6)10(14)8(13)5-11/h2-4,8,10,13-14H,5H2,1H3. The van der Waals surface area contributed by atoms with Crippen molar-refractivity contribution < 1.29 is 10.2 Å². The van der Waals surface area contributed by atoms with Gasteiger partial charge in [0, 0.05) is 15.9 Å². The summed E-state index contributed by atoms with van der Waals surface area (Å²) in [5.74, 6) is 0. The fourth-order valence-electron chi connectivity index (χ4n) is 1.30. The zero-order chi connectivity index (χ0) is 10.7. The van der Waals surface area contributed by atoms with E-state index in [0.717, 1.165) is 5.56 Å². The van der Waals surface area contributed by atoms with E-state index in [9.17, 15) is 10.2 Å². The molecule has 2 unspecified atom stereocenters. The zero-order valence-corrected chi connectivity index (χ0v) is 10.1. The third-order valence-corrected chi connectivity index (χ3v) is 3.08. The van der Waals surface area contributed by atoms with Gasteiger partial charge in [0.25, 0.3) is 0 Å². The molecule has 0 amide bonds. The SMILES string of the molecule is Cc1cccc(Cl)c1C(O)C(O)CBr. The fourth-order valence-corrected chi connectivity index (χ4v) is 1.98. The molecule has 2 atom stereocenters. The summed E-state index contributed by atoms with van der Waals surface area (Å²) in [6.45, 7) is 1.85. The number of alkyl halides is 1. The Morgan fingerprint density at radius 3 is 2.57 bits per heavy atom. The summed E-state index contributed by atoms with van der Waals surface area (Å²) in [6.07, 6.45) is -1.78. The van der Waals surface area contributed by atoms with Crippen LogP contribution < -0.4 is 0 Å². The van der Waals surface area contributed by atoms with Gasteiger partial charge in [0.15, 0.2) is 0 Å². The molecule has 1 aromatic carbocycles. The number of halogens is 2. The Kier molecular flexibility index (Phi) is 4.38. The van der Waals surface area contributed by atoms with Crippen molar-refractivity contribution in [2.45, 2.75) is 19.1 Å². The lowest BCUT2D eigenvalue weighted by Crippen LogP contribution is -2.20. The molecule has 78 valence electrons. The predicted molar refractivity (Wildman–Crippen MR) is 60.9 cm³/mol. The van der Waals surface area contributed by atoms with Crippen LogP contribution in [-0.2, 0) is 0 Å². The number of aliphatic hydroxyl groups is 2. The van der Waals surface area contributed by atoms with Crippen LogP contribution in [0.3, 0.4) is 0 Å². The second-order valence-corrected chi connectivity index (χ2v) is 4.19. The van der Waals surface area contributed by atoms with Crippen LogP contribution in [0.1, 0.15) is 17.2 Å². The number of rotatable bonds is 3. The van der Waals surface area contributed by atoms with Gasteiger partial charge in [0.05, 0.1) is 6.10 Å². The minimum Gasteiger partial charge on any atom is -0.389 e. The average Bonchev–Trinajstić information content (AvgIpc) is 2.16. The molecule has 14 heavy (non-hydrogen) atoms. The number of aliphatic hydroxyl groups excluding tert-OH is 2. The molecule has 0 aliphatic carbocycles. The third-order valence-electron chi connectivity index (χ3n) is 2.09. The van der Waals surface area contributed by atoms with Gasteiger partial charge in [-0.05, 0) is 18.6 Å². The number of benzene rings is 1. The number of aryl methyl sites for hydroxylation is 1. The molecular weight excluding hydrogens is 267 g/mol. The molecule has 1 rings (SSSR count). The van der Waals surface area contributed by atoms with Crippen LogP contribution in [0.4, 0.5) is 0 Å². The Labute approximate surface area is 96.7 Å². The summed E-state index contributed by atoms with van der Waals surface area (Å²) in [6, 6.07) is 5.37. The largest absolute Gasteiger partial charge is 0.389 e. The van der Waals surface area contributed by atoms with Gasteiger partial charge in [-0.3, -0.25) is 0 Å². The van der Waals surface area contributed by atoms with Crippen LogP contribution >= 0.6 is 27.5 Å². The van der Waals surface area contributed by atoms with Crippen LogP contribution in [0, 0.1) is 6.92 Å². The first-order valence-electron chi connectivity index (χ1n) is 4.25. The van der Waals surface area contributed by atoms with E-state index in [1.54, 1.807) is 6.07 Å². The van der Waals surface area contributed by atoms with Crippen molar-refractivity contribution in [3.63, 3.8) is 0 Å². The molecule has 0 heterocycles. The van der Waals surface area contributed by atoms with Crippen molar-refractivity contribution in [1.29, 1.82) is 0 Å². The van der Waals surface area contributed by atoms with Gasteiger partial charge in [0.1, 0.15) is 6.10 Å². The highest BCUT2D eigenvalue weighted by molar-refractivity contribution is 9.09. The van der Waals surface area contributed by atoms with Gasteiger partial charge in [-0.15, -0.1) is 0 Å². The van der Waals surface area contributed by atoms with Crippen LogP contribution in [0.2, 0.25) is 5.02 Å². The van der Waals surface area contributed by atoms with Crippen molar-refractivity contribution in [1.82, 2.24) is 0 Å². The van der Waals surface area contributed by atoms with E-state index < -0.39 is 12.2 Å². The molecule has 0 radical (unpaired) electrons. The minimum atomic E-state index is -0.942. The highest BCUT2D eigenvalue weighted by Gasteiger charge is 2.21. The molecule has 2 N–H and O–H groups in total. The van der Waals surface area contributed by atoms with E-state index in [-0.39, 0.29) is 0 Å². The second kappa shape index (κ2) is 5.12. The Morgan fingerprint density at radius 2 is 2.07 bits per heavy atom. The molecule has 4 heteroatoms. The first-order valence-corrected chi connectivity index (χ1v) is 5.75. The fraction of sp³-hybridized carbons (Fsp3) is 0.400. The van der Waals surface area contributed by atoms with Crippen LogP contribution in [0.5, 0.6) is 0 Å². The first-order chi connectivity index (χ1) is 6.57. The summed E-state index contributed by atoms with van der Waals surface area (Å²) in [5.41, 5.74) is 1.48. The van der Waals surface area contributed by atoms with Crippen molar-refractivity contribution >= 4 is 27.5 Å². The molecule has 0 saturated heterocycles. The second-order valence-electron chi connectivity index (χ2n) is 3.14. The smallest absolute Gasteiger partial charge is 0.107 e. The maximum Gasteiger partial charge on any atom is 0.107 e. The van der Waals surface area contributed by atoms with E-state index in [1.807, 2.05) is 19.1 Å².